The Labute approximate surface area is 128 Å². The summed E-state index contributed by atoms with van der Waals surface area (Å²) in [6, 6.07) is 9.11. The zero-order valence-corrected chi connectivity index (χ0v) is 12.5. The fourth-order valence-electron chi connectivity index (χ4n) is 1.86. The maximum atomic E-state index is 11.8. The Morgan fingerprint density at radius 2 is 2.09 bits per heavy atom. The first-order valence-corrected chi connectivity index (χ1v) is 6.80. The molecule has 2 aromatic rings. The largest absolute Gasteiger partial charge is 0.465 e. The van der Waals surface area contributed by atoms with E-state index in [0.717, 1.165) is 11.1 Å². The number of furan rings is 1. The van der Waals surface area contributed by atoms with Gasteiger partial charge in [-0.3, -0.25) is 4.79 Å². The Bertz CT molecular complexity index is 687. The zero-order chi connectivity index (χ0) is 15.9. The molecule has 0 unspecified atom stereocenters. The third-order valence-electron chi connectivity index (χ3n) is 2.93. The van der Waals surface area contributed by atoms with E-state index in [4.69, 9.17) is 9.15 Å². The topological polar surface area (TPSA) is 68.5 Å². The number of hydrogen-bond acceptors (Lipinski definition) is 4. The normalized spacial score (nSPS) is 10.6. The van der Waals surface area contributed by atoms with Crippen molar-refractivity contribution in [3.05, 3.63) is 59.6 Å². The van der Waals surface area contributed by atoms with Crippen molar-refractivity contribution in [2.24, 2.45) is 0 Å². The number of rotatable bonds is 5. The minimum atomic E-state index is -0.604. The number of nitrogens with one attached hydrogen (secondary N) is 1. The van der Waals surface area contributed by atoms with Gasteiger partial charge in [-0.1, -0.05) is 17.7 Å². The van der Waals surface area contributed by atoms with Crippen LogP contribution in [0.2, 0.25) is 0 Å². The first-order chi connectivity index (χ1) is 10.5. The van der Waals surface area contributed by atoms with E-state index >= 15 is 0 Å². The van der Waals surface area contributed by atoms with Crippen LogP contribution < -0.4 is 5.32 Å². The molecule has 1 N–H and O–H groups in total. The van der Waals surface area contributed by atoms with Crippen LogP contribution in [0.4, 0.5) is 5.69 Å². The van der Waals surface area contributed by atoms with E-state index in [2.05, 4.69) is 5.32 Å². The molecule has 0 atom stereocenters. The van der Waals surface area contributed by atoms with Gasteiger partial charge in [0.25, 0.3) is 5.91 Å². The number of aryl methyl sites for hydroxylation is 2. The lowest BCUT2D eigenvalue weighted by atomic mass is 10.1. The molecule has 0 radical (unpaired) electrons. The first-order valence-electron chi connectivity index (χ1n) is 6.80. The molecule has 1 amide bonds. The van der Waals surface area contributed by atoms with Crippen LogP contribution in [0.1, 0.15) is 16.9 Å². The molecule has 22 heavy (non-hydrogen) atoms. The van der Waals surface area contributed by atoms with E-state index in [1.54, 1.807) is 12.1 Å². The molecule has 0 aliphatic rings. The van der Waals surface area contributed by atoms with Crippen molar-refractivity contribution in [1.29, 1.82) is 0 Å². The first kappa shape index (κ1) is 15.6. The lowest BCUT2D eigenvalue weighted by molar-refractivity contribution is -0.142. The van der Waals surface area contributed by atoms with Gasteiger partial charge in [-0.05, 0) is 43.7 Å². The highest BCUT2D eigenvalue weighted by Gasteiger charge is 2.07. The summed E-state index contributed by atoms with van der Waals surface area (Å²) >= 11 is 0. The summed E-state index contributed by atoms with van der Waals surface area (Å²) in [6.07, 6.45) is 4.19. The van der Waals surface area contributed by atoms with Gasteiger partial charge in [-0.2, -0.15) is 0 Å². The molecule has 0 saturated carbocycles. The Morgan fingerprint density at radius 1 is 1.27 bits per heavy atom. The molecule has 0 aliphatic carbocycles. The molecule has 1 aromatic carbocycles. The van der Waals surface area contributed by atoms with Gasteiger partial charge in [0, 0.05) is 11.8 Å². The minimum Gasteiger partial charge on any atom is -0.465 e. The van der Waals surface area contributed by atoms with E-state index in [1.807, 2.05) is 32.0 Å². The van der Waals surface area contributed by atoms with Crippen molar-refractivity contribution in [3.63, 3.8) is 0 Å². The molecular weight excluding hydrogens is 282 g/mol. The second-order valence-electron chi connectivity index (χ2n) is 4.82. The Kier molecular flexibility index (Phi) is 5.14. The molecule has 5 nitrogen and oxygen atoms in total. The van der Waals surface area contributed by atoms with Gasteiger partial charge in [0.2, 0.25) is 0 Å². The Balaban J connectivity index is 1.81. The standard InChI is InChI=1S/C17H17NO4/c1-12-5-7-15(13(2)10-12)18-16(19)11-22-17(20)8-6-14-4-3-9-21-14/h3-10H,11H2,1-2H3,(H,18,19)/b8-6+. The number of carbonyl (C=O) groups is 2. The quantitative estimate of drug-likeness (QED) is 0.680. The fraction of sp³-hybridized carbons (Fsp3) is 0.176. The molecule has 0 aliphatic heterocycles. The predicted octanol–water partition coefficient (Wildman–Crippen LogP) is 3.09. The van der Waals surface area contributed by atoms with Gasteiger partial charge in [-0.15, -0.1) is 0 Å². The predicted molar refractivity (Wildman–Crippen MR) is 83.2 cm³/mol. The Morgan fingerprint density at radius 3 is 2.77 bits per heavy atom. The summed E-state index contributed by atoms with van der Waals surface area (Å²) in [5.74, 6) is -0.449. The van der Waals surface area contributed by atoms with Crippen LogP contribution >= 0.6 is 0 Å². The summed E-state index contributed by atoms with van der Waals surface area (Å²) in [7, 11) is 0. The molecule has 0 bridgehead atoms. The van der Waals surface area contributed by atoms with Gasteiger partial charge in [0.05, 0.1) is 6.26 Å². The lowest BCUT2D eigenvalue weighted by Crippen LogP contribution is -2.20. The molecule has 1 heterocycles. The number of hydrogen-bond donors (Lipinski definition) is 1. The summed E-state index contributed by atoms with van der Waals surface area (Å²) in [5.41, 5.74) is 2.78. The monoisotopic (exact) mass is 299 g/mol. The lowest BCUT2D eigenvalue weighted by Gasteiger charge is -2.09. The second kappa shape index (κ2) is 7.26. The van der Waals surface area contributed by atoms with Gasteiger partial charge in [-0.25, -0.2) is 4.79 Å². The Hall–Kier alpha value is -2.82. The van der Waals surface area contributed by atoms with Crippen LogP contribution in [0, 0.1) is 13.8 Å². The maximum Gasteiger partial charge on any atom is 0.331 e. The summed E-state index contributed by atoms with van der Waals surface area (Å²) in [6.45, 7) is 3.54. The van der Waals surface area contributed by atoms with Crippen molar-refractivity contribution in [3.8, 4) is 0 Å². The number of anilines is 1. The smallest absolute Gasteiger partial charge is 0.331 e. The van der Waals surface area contributed by atoms with Crippen LogP contribution in [0.5, 0.6) is 0 Å². The van der Waals surface area contributed by atoms with E-state index in [-0.39, 0.29) is 12.5 Å². The molecule has 5 heteroatoms. The molecule has 0 fully saturated rings. The third-order valence-corrected chi connectivity index (χ3v) is 2.93. The minimum absolute atomic E-state index is 0.339. The van der Waals surface area contributed by atoms with E-state index in [0.29, 0.717) is 11.4 Å². The molecular formula is C17H17NO4. The zero-order valence-electron chi connectivity index (χ0n) is 12.5. The highest BCUT2D eigenvalue weighted by Crippen LogP contribution is 2.15. The third kappa shape index (κ3) is 4.63. The molecule has 1 aromatic heterocycles. The number of amides is 1. The molecule has 114 valence electrons. The van der Waals surface area contributed by atoms with Crippen LogP contribution in [-0.4, -0.2) is 18.5 Å². The van der Waals surface area contributed by atoms with Crippen LogP contribution in [0.15, 0.2) is 47.1 Å². The van der Waals surface area contributed by atoms with Crippen molar-refractivity contribution >= 4 is 23.6 Å². The SMILES string of the molecule is Cc1ccc(NC(=O)COC(=O)/C=C/c2ccco2)c(C)c1. The van der Waals surface area contributed by atoms with Crippen molar-refractivity contribution in [1.82, 2.24) is 0 Å². The number of ether oxygens (including phenoxy) is 1. The van der Waals surface area contributed by atoms with Crippen LogP contribution in [0.25, 0.3) is 6.08 Å². The van der Waals surface area contributed by atoms with Gasteiger partial charge in [0.15, 0.2) is 6.61 Å². The van der Waals surface area contributed by atoms with Crippen molar-refractivity contribution in [2.45, 2.75) is 13.8 Å². The van der Waals surface area contributed by atoms with E-state index in [1.165, 1.54) is 18.4 Å². The van der Waals surface area contributed by atoms with Gasteiger partial charge in [0.1, 0.15) is 5.76 Å². The van der Waals surface area contributed by atoms with Gasteiger partial charge >= 0.3 is 5.97 Å². The van der Waals surface area contributed by atoms with Crippen molar-refractivity contribution in [2.75, 3.05) is 11.9 Å². The molecule has 0 spiro atoms. The highest BCUT2D eigenvalue weighted by molar-refractivity contribution is 5.95. The number of benzene rings is 1. The van der Waals surface area contributed by atoms with Gasteiger partial charge < -0.3 is 14.5 Å². The molecule has 0 saturated heterocycles. The van der Waals surface area contributed by atoms with Crippen LogP contribution in [0.3, 0.4) is 0 Å². The van der Waals surface area contributed by atoms with Crippen LogP contribution in [-0.2, 0) is 14.3 Å². The number of carbonyl (C=O) groups excluding carboxylic acids is 2. The average molecular weight is 299 g/mol. The van der Waals surface area contributed by atoms with E-state index in [9.17, 15) is 9.59 Å². The van der Waals surface area contributed by atoms with E-state index < -0.39 is 5.97 Å². The summed E-state index contributed by atoms with van der Waals surface area (Å²) in [4.78, 5) is 23.2. The summed E-state index contributed by atoms with van der Waals surface area (Å²) < 4.78 is 9.90. The maximum absolute atomic E-state index is 11.8. The highest BCUT2D eigenvalue weighted by atomic mass is 16.5. The number of esters is 1. The summed E-state index contributed by atoms with van der Waals surface area (Å²) in [5, 5.41) is 2.70. The van der Waals surface area contributed by atoms with Crippen molar-refractivity contribution < 1.29 is 18.7 Å². The molecule has 2 rings (SSSR count). The fourth-order valence-corrected chi connectivity index (χ4v) is 1.86. The second-order valence-corrected chi connectivity index (χ2v) is 4.82. The average Bonchev–Trinajstić information content (AvgIpc) is 2.99.